The Bertz CT molecular complexity index is 1120. The number of hydrogen-bond acceptors (Lipinski definition) is 7. The molecule has 1 aliphatic rings. The molecule has 0 unspecified atom stereocenters. The molecule has 1 saturated carbocycles. The van der Waals surface area contributed by atoms with Gasteiger partial charge in [0, 0.05) is 6.04 Å². The Hall–Kier alpha value is -2.78. The Labute approximate surface area is 182 Å². The quantitative estimate of drug-likeness (QED) is 0.533. The second-order valence-corrected chi connectivity index (χ2v) is 8.27. The SMILES string of the molecule is CCOC(=O)c1sc(N(C(=O)c2nc(C)n(-c3ccccc3Cl)n2)C2CC2)nc1C. The fraction of sp³-hybridized carbons (Fsp3) is 0.350. The van der Waals surface area contributed by atoms with Crippen molar-refractivity contribution in [2.45, 2.75) is 39.7 Å². The van der Waals surface area contributed by atoms with E-state index < -0.39 is 5.97 Å². The van der Waals surface area contributed by atoms with Crippen LogP contribution in [-0.4, -0.2) is 44.3 Å². The molecule has 2 heterocycles. The minimum Gasteiger partial charge on any atom is -0.462 e. The number of halogens is 1. The maximum absolute atomic E-state index is 13.3. The molecule has 1 fully saturated rings. The van der Waals surface area contributed by atoms with E-state index in [2.05, 4.69) is 15.1 Å². The molecular weight excluding hydrogens is 426 g/mol. The highest BCUT2D eigenvalue weighted by Gasteiger charge is 2.38. The van der Waals surface area contributed by atoms with E-state index in [-0.39, 0.29) is 24.4 Å². The lowest BCUT2D eigenvalue weighted by atomic mass is 10.3. The molecule has 0 N–H and O–H groups in total. The fourth-order valence-corrected chi connectivity index (χ4v) is 4.30. The van der Waals surface area contributed by atoms with Crippen LogP contribution in [0.25, 0.3) is 5.69 Å². The lowest BCUT2D eigenvalue weighted by Gasteiger charge is -2.17. The Morgan fingerprint density at radius 3 is 2.67 bits per heavy atom. The van der Waals surface area contributed by atoms with E-state index >= 15 is 0 Å². The third-order valence-electron chi connectivity index (χ3n) is 4.62. The van der Waals surface area contributed by atoms with Crippen LogP contribution < -0.4 is 4.90 Å². The second kappa shape index (κ2) is 8.16. The molecule has 4 rings (SSSR count). The summed E-state index contributed by atoms with van der Waals surface area (Å²) in [6.45, 7) is 5.52. The number of anilines is 1. The number of nitrogens with zero attached hydrogens (tertiary/aromatic N) is 5. The Morgan fingerprint density at radius 2 is 2.00 bits per heavy atom. The van der Waals surface area contributed by atoms with Gasteiger partial charge in [-0.2, -0.15) is 0 Å². The Balaban J connectivity index is 1.68. The highest BCUT2D eigenvalue weighted by molar-refractivity contribution is 7.17. The molecule has 0 spiro atoms. The van der Waals surface area contributed by atoms with Crippen LogP contribution in [0.15, 0.2) is 24.3 Å². The number of esters is 1. The smallest absolute Gasteiger partial charge is 0.350 e. The van der Waals surface area contributed by atoms with Crippen molar-refractivity contribution in [1.82, 2.24) is 19.7 Å². The molecule has 156 valence electrons. The summed E-state index contributed by atoms with van der Waals surface area (Å²) in [7, 11) is 0. The van der Waals surface area contributed by atoms with E-state index in [0.717, 1.165) is 24.2 Å². The van der Waals surface area contributed by atoms with Gasteiger partial charge in [-0.05, 0) is 45.7 Å². The molecular formula is C20H20ClN5O3S. The summed E-state index contributed by atoms with van der Waals surface area (Å²) in [5.74, 6) is -0.177. The first-order valence-corrected chi connectivity index (χ1v) is 10.8. The number of rotatable bonds is 6. The zero-order valence-electron chi connectivity index (χ0n) is 16.8. The molecule has 3 aromatic rings. The number of carbonyl (C=O) groups excluding carboxylic acids is 2. The molecule has 0 atom stereocenters. The number of amides is 1. The molecule has 0 bridgehead atoms. The van der Waals surface area contributed by atoms with Gasteiger partial charge in [-0.1, -0.05) is 35.1 Å². The highest BCUT2D eigenvalue weighted by atomic mass is 35.5. The minimum absolute atomic E-state index is 0.0191. The van der Waals surface area contributed by atoms with Gasteiger partial charge in [0.25, 0.3) is 5.91 Å². The number of aromatic nitrogens is 4. The van der Waals surface area contributed by atoms with Crippen molar-refractivity contribution < 1.29 is 14.3 Å². The Kier molecular flexibility index (Phi) is 5.57. The summed E-state index contributed by atoms with van der Waals surface area (Å²) in [6.07, 6.45) is 1.73. The Morgan fingerprint density at radius 1 is 1.27 bits per heavy atom. The molecule has 2 aromatic heterocycles. The molecule has 1 aliphatic carbocycles. The fourth-order valence-electron chi connectivity index (χ4n) is 3.05. The summed E-state index contributed by atoms with van der Waals surface area (Å²) in [4.78, 5) is 36.3. The molecule has 1 amide bonds. The van der Waals surface area contributed by atoms with E-state index in [0.29, 0.717) is 32.2 Å². The third-order valence-corrected chi connectivity index (χ3v) is 6.08. The first-order valence-electron chi connectivity index (χ1n) is 9.57. The maximum Gasteiger partial charge on any atom is 0.350 e. The highest BCUT2D eigenvalue weighted by Crippen LogP contribution is 2.36. The van der Waals surface area contributed by atoms with Crippen molar-refractivity contribution in [2.24, 2.45) is 0 Å². The van der Waals surface area contributed by atoms with Gasteiger partial charge < -0.3 is 4.74 Å². The second-order valence-electron chi connectivity index (χ2n) is 6.88. The summed E-state index contributed by atoms with van der Waals surface area (Å²) >= 11 is 7.43. The average Bonchev–Trinajstić information content (AvgIpc) is 3.36. The third kappa shape index (κ3) is 3.82. The van der Waals surface area contributed by atoms with E-state index in [1.807, 2.05) is 18.2 Å². The first kappa shape index (κ1) is 20.5. The first-order chi connectivity index (χ1) is 14.4. The minimum atomic E-state index is -0.432. The molecule has 0 radical (unpaired) electrons. The van der Waals surface area contributed by atoms with E-state index in [9.17, 15) is 9.59 Å². The summed E-state index contributed by atoms with van der Waals surface area (Å²) in [5, 5.41) is 5.37. The number of benzene rings is 1. The molecule has 8 nitrogen and oxygen atoms in total. The van der Waals surface area contributed by atoms with Gasteiger partial charge in [0.1, 0.15) is 10.7 Å². The van der Waals surface area contributed by atoms with E-state index in [4.69, 9.17) is 16.3 Å². The summed E-state index contributed by atoms with van der Waals surface area (Å²) < 4.78 is 6.64. The van der Waals surface area contributed by atoms with Crippen LogP contribution in [0.3, 0.4) is 0 Å². The molecule has 30 heavy (non-hydrogen) atoms. The van der Waals surface area contributed by atoms with Crippen molar-refractivity contribution >= 4 is 39.9 Å². The topological polar surface area (TPSA) is 90.2 Å². The number of para-hydroxylation sites is 1. The van der Waals surface area contributed by atoms with Crippen LogP contribution in [0, 0.1) is 13.8 Å². The van der Waals surface area contributed by atoms with Crippen molar-refractivity contribution in [3.05, 3.63) is 51.5 Å². The molecule has 0 aliphatic heterocycles. The van der Waals surface area contributed by atoms with Gasteiger partial charge in [-0.25, -0.2) is 19.4 Å². The van der Waals surface area contributed by atoms with E-state index in [1.54, 1.807) is 36.4 Å². The van der Waals surface area contributed by atoms with Crippen LogP contribution in [0.1, 0.15) is 51.6 Å². The van der Waals surface area contributed by atoms with Crippen LogP contribution in [0.5, 0.6) is 0 Å². The van der Waals surface area contributed by atoms with Crippen LogP contribution in [0.2, 0.25) is 5.02 Å². The van der Waals surface area contributed by atoms with Crippen molar-refractivity contribution in [1.29, 1.82) is 0 Å². The largest absolute Gasteiger partial charge is 0.462 e. The van der Waals surface area contributed by atoms with Gasteiger partial charge in [0.15, 0.2) is 5.13 Å². The van der Waals surface area contributed by atoms with Crippen molar-refractivity contribution in [3.8, 4) is 5.69 Å². The number of thiazole rings is 1. The predicted molar refractivity (Wildman–Crippen MR) is 114 cm³/mol. The van der Waals surface area contributed by atoms with Gasteiger partial charge in [-0.15, -0.1) is 5.10 Å². The lowest BCUT2D eigenvalue weighted by Crippen LogP contribution is -2.34. The van der Waals surface area contributed by atoms with Gasteiger partial charge in [-0.3, -0.25) is 9.69 Å². The maximum atomic E-state index is 13.3. The zero-order chi connectivity index (χ0) is 21.4. The predicted octanol–water partition coefficient (Wildman–Crippen LogP) is 3.98. The summed E-state index contributed by atoms with van der Waals surface area (Å²) in [6, 6.07) is 7.25. The number of aryl methyl sites for hydroxylation is 2. The van der Waals surface area contributed by atoms with Crippen molar-refractivity contribution in [3.63, 3.8) is 0 Å². The normalized spacial score (nSPS) is 13.3. The van der Waals surface area contributed by atoms with Gasteiger partial charge in [0.05, 0.1) is 23.0 Å². The van der Waals surface area contributed by atoms with Gasteiger partial charge >= 0.3 is 5.97 Å². The lowest BCUT2D eigenvalue weighted by molar-refractivity contribution is 0.0531. The standard InChI is InChI=1S/C20H20ClN5O3S/c1-4-29-19(28)16-11(2)22-20(30-16)25(13-9-10-13)18(27)17-23-12(3)26(24-17)15-8-6-5-7-14(15)21/h5-8,13H,4,9-10H2,1-3H3. The average molecular weight is 446 g/mol. The van der Waals surface area contributed by atoms with Crippen molar-refractivity contribution in [2.75, 3.05) is 11.5 Å². The van der Waals surface area contributed by atoms with Crippen LogP contribution >= 0.6 is 22.9 Å². The zero-order valence-corrected chi connectivity index (χ0v) is 18.3. The number of carbonyl (C=O) groups is 2. The molecule has 10 heteroatoms. The molecule has 1 aromatic carbocycles. The van der Waals surface area contributed by atoms with Crippen LogP contribution in [-0.2, 0) is 4.74 Å². The monoisotopic (exact) mass is 445 g/mol. The molecule has 0 saturated heterocycles. The summed E-state index contributed by atoms with van der Waals surface area (Å²) in [5.41, 5.74) is 1.19. The van der Waals surface area contributed by atoms with Crippen LogP contribution in [0.4, 0.5) is 5.13 Å². The number of ether oxygens (including phenoxy) is 1. The number of hydrogen-bond donors (Lipinski definition) is 0. The van der Waals surface area contributed by atoms with E-state index in [1.165, 1.54) is 0 Å². The van der Waals surface area contributed by atoms with Gasteiger partial charge in [0.2, 0.25) is 5.82 Å².